The van der Waals surface area contributed by atoms with Crippen molar-refractivity contribution < 1.29 is 14.3 Å². The van der Waals surface area contributed by atoms with E-state index < -0.39 is 11.7 Å². The number of nitrogens with zero attached hydrogens (tertiary/aromatic N) is 2. The van der Waals surface area contributed by atoms with Gasteiger partial charge in [0.2, 0.25) is 0 Å². The van der Waals surface area contributed by atoms with Crippen LogP contribution in [0, 0.1) is 17.9 Å². The second-order valence-electron chi connectivity index (χ2n) is 7.25. The average molecular weight is 423 g/mol. The first-order chi connectivity index (χ1) is 14.5. The van der Waals surface area contributed by atoms with Crippen molar-refractivity contribution in [3.8, 4) is 5.75 Å². The Morgan fingerprint density at radius 3 is 2.80 bits per heavy atom. The highest BCUT2D eigenvalue weighted by atomic mass is 35.5. The molecule has 0 atom stereocenters. The van der Waals surface area contributed by atoms with Crippen LogP contribution in [-0.4, -0.2) is 39.9 Å². The van der Waals surface area contributed by atoms with E-state index in [0.717, 1.165) is 23.7 Å². The number of amides is 1. The van der Waals surface area contributed by atoms with E-state index in [1.807, 2.05) is 18.3 Å². The number of piperidine rings is 1. The zero-order valence-corrected chi connectivity index (χ0v) is 17.0. The molecule has 4 rings (SSSR count). The largest absolute Gasteiger partial charge is 0.508 e. The van der Waals surface area contributed by atoms with E-state index in [1.165, 1.54) is 12.1 Å². The van der Waals surface area contributed by atoms with E-state index in [-0.39, 0.29) is 17.4 Å². The topological polar surface area (TPSA) is 43.8 Å². The fraction of sp³-hybridized carbons (Fsp3) is 0.250. The zero-order chi connectivity index (χ0) is 21.1. The lowest BCUT2D eigenvalue weighted by Gasteiger charge is -2.38. The van der Waals surface area contributed by atoms with Crippen molar-refractivity contribution in [3.63, 3.8) is 0 Å². The third-order valence-corrected chi connectivity index (χ3v) is 5.69. The first-order valence-electron chi connectivity index (χ1n) is 9.80. The van der Waals surface area contributed by atoms with Crippen molar-refractivity contribution in [2.45, 2.75) is 25.3 Å². The Hall–Kier alpha value is -3.19. The molecule has 1 fully saturated rings. The van der Waals surface area contributed by atoms with Gasteiger partial charge in [-0.05, 0) is 61.7 Å². The van der Waals surface area contributed by atoms with E-state index in [4.69, 9.17) is 11.6 Å². The second kappa shape index (κ2) is 8.67. The number of allylic oxidation sites excluding steroid dienone is 2. The number of likely N-dealkylation sites (tertiary alicyclic amines) is 1. The van der Waals surface area contributed by atoms with Crippen LogP contribution in [0.1, 0.15) is 35.2 Å². The molecule has 2 heterocycles. The molecule has 0 aliphatic carbocycles. The monoisotopic (exact) mass is 422 g/mol. The lowest BCUT2D eigenvalue weighted by Crippen LogP contribution is -2.44. The predicted octanol–water partition coefficient (Wildman–Crippen LogP) is 4.81. The Kier molecular flexibility index (Phi) is 5.81. The van der Waals surface area contributed by atoms with Crippen LogP contribution in [-0.2, 0) is 0 Å². The van der Waals surface area contributed by atoms with Gasteiger partial charge in [-0.3, -0.25) is 4.79 Å². The maximum atomic E-state index is 14.1. The molecule has 2 aliphatic rings. The second-order valence-corrected chi connectivity index (χ2v) is 7.63. The van der Waals surface area contributed by atoms with Gasteiger partial charge < -0.3 is 14.9 Å². The van der Waals surface area contributed by atoms with Crippen molar-refractivity contribution in [3.05, 3.63) is 88.5 Å². The summed E-state index contributed by atoms with van der Waals surface area (Å²) in [4.78, 5) is 16.5. The highest BCUT2D eigenvalue weighted by Gasteiger charge is 2.30. The standard InChI is InChI=1S/C24H20ClFN2O2/c25-21-7-4-3-6-19(21)23-8-2-1-5-13-28(23)17-11-14-27(15-12-17)24(30)20-16-18(29)9-10-22(20)26/h1,3,6,8-10,13,16-17,29H,2,11-12,14-15H2. The summed E-state index contributed by atoms with van der Waals surface area (Å²) in [5, 5.41) is 10.1. The minimum atomic E-state index is -0.627. The van der Waals surface area contributed by atoms with Crippen LogP contribution in [0.4, 0.5) is 4.39 Å². The first kappa shape index (κ1) is 20.1. The summed E-state index contributed by atoms with van der Waals surface area (Å²) in [5.41, 5.74) is 4.95. The van der Waals surface area contributed by atoms with Gasteiger partial charge in [0.05, 0.1) is 5.56 Å². The van der Waals surface area contributed by atoms with E-state index >= 15 is 0 Å². The van der Waals surface area contributed by atoms with E-state index in [0.29, 0.717) is 31.0 Å². The molecule has 4 nitrogen and oxygen atoms in total. The number of benzene rings is 1. The molecule has 152 valence electrons. The Morgan fingerprint density at radius 2 is 2.03 bits per heavy atom. The van der Waals surface area contributed by atoms with Gasteiger partial charge in [-0.1, -0.05) is 23.7 Å². The Labute approximate surface area is 180 Å². The number of phenolic OH excluding ortho intramolecular Hbond substituents is 1. The SMILES string of the molecule is O=C(c1cc(O)ccc1F)N1CCC(N2C=C=CCC=C2c2ccc#cc2Cl)CC1. The number of hydrogen-bond donors (Lipinski definition) is 1. The van der Waals surface area contributed by atoms with E-state index in [2.05, 4.69) is 28.8 Å². The molecule has 0 aromatic heterocycles. The zero-order valence-electron chi connectivity index (χ0n) is 16.2. The average Bonchev–Trinajstić information content (AvgIpc) is 3.01. The van der Waals surface area contributed by atoms with Crippen LogP contribution in [0.2, 0.25) is 5.02 Å². The van der Waals surface area contributed by atoms with Crippen molar-refractivity contribution in [1.29, 1.82) is 0 Å². The quantitative estimate of drug-likeness (QED) is 0.722. The molecule has 2 aliphatic heterocycles. The number of carbonyl (C=O) groups is 1. The maximum Gasteiger partial charge on any atom is 0.256 e. The molecule has 0 radical (unpaired) electrons. The number of aromatic hydroxyl groups is 1. The van der Waals surface area contributed by atoms with Crippen LogP contribution < -0.4 is 0 Å². The fourth-order valence-corrected chi connectivity index (χ4v) is 4.08. The lowest BCUT2D eigenvalue weighted by atomic mass is 10.00. The minimum Gasteiger partial charge on any atom is -0.508 e. The highest BCUT2D eigenvalue weighted by Crippen LogP contribution is 2.32. The number of phenols is 1. The normalized spacial score (nSPS) is 16.8. The molecule has 30 heavy (non-hydrogen) atoms. The lowest BCUT2D eigenvalue weighted by molar-refractivity contribution is 0.0679. The van der Waals surface area contributed by atoms with Crippen LogP contribution >= 0.6 is 11.6 Å². The number of halogens is 2. The summed E-state index contributed by atoms with van der Waals surface area (Å²) >= 11 is 6.37. The van der Waals surface area contributed by atoms with Crippen molar-refractivity contribution in [1.82, 2.24) is 9.80 Å². The van der Waals surface area contributed by atoms with Gasteiger partial charge in [0.25, 0.3) is 5.91 Å². The summed E-state index contributed by atoms with van der Waals surface area (Å²) in [6, 6.07) is 13.1. The minimum absolute atomic E-state index is 0.102. The number of carbonyl (C=O) groups excluding carboxylic acids is 1. The molecule has 0 bridgehead atoms. The summed E-state index contributed by atoms with van der Waals surface area (Å²) < 4.78 is 14.1. The molecule has 0 spiro atoms. The Morgan fingerprint density at radius 1 is 1.23 bits per heavy atom. The predicted molar refractivity (Wildman–Crippen MR) is 113 cm³/mol. The van der Waals surface area contributed by atoms with Crippen LogP contribution in [0.25, 0.3) is 5.70 Å². The number of hydrogen-bond acceptors (Lipinski definition) is 3. The fourth-order valence-electron chi connectivity index (χ4n) is 3.86. The van der Waals surface area contributed by atoms with Crippen LogP contribution in [0.5, 0.6) is 5.75 Å². The third-order valence-electron chi connectivity index (χ3n) is 5.39. The third kappa shape index (κ3) is 4.07. The van der Waals surface area contributed by atoms with Gasteiger partial charge in [-0.2, -0.15) is 0 Å². The maximum absolute atomic E-state index is 14.1. The first-order valence-corrected chi connectivity index (χ1v) is 10.2. The molecule has 1 N–H and O–H groups in total. The van der Waals surface area contributed by atoms with Crippen molar-refractivity contribution in [2.24, 2.45) is 0 Å². The van der Waals surface area contributed by atoms with Gasteiger partial charge in [-0.15, -0.1) is 5.73 Å². The molecular weight excluding hydrogens is 403 g/mol. The summed E-state index contributed by atoms with van der Waals surface area (Å²) in [6.45, 7) is 0.977. The highest BCUT2D eigenvalue weighted by molar-refractivity contribution is 6.32. The van der Waals surface area contributed by atoms with Gasteiger partial charge in [0.1, 0.15) is 16.6 Å². The molecule has 0 saturated carbocycles. The summed E-state index contributed by atoms with van der Waals surface area (Å²) in [5.74, 6) is -1.16. The van der Waals surface area contributed by atoms with Crippen LogP contribution in [0.3, 0.4) is 0 Å². The van der Waals surface area contributed by atoms with E-state index in [1.54, 1.807) is 11.0 Å². The molecule has 0 unspecified atom stereocenters. The molecule has 2 aromatic rings. The molecule has 6 heteroatoms. The molecular formula is C24H20ClFN2O2. The van der Waals surface area contributed by atoms with Crippen molar-refractivity contribution in [2.75, 3.05) is 13.1 Å². The number of rotatable bonds is 3. The summed E-state index contributed by atoms with van der Waals surface area (Å²) in [6.07, 6.45) is 8.14. The Balaban J connectivity index is 1.51. The van der Waals surface area contributed by atoms with Gasteiger partial charge in [0, 0.05) is 36.6 Å². The van der Waals surface area contributed by atoms with Gasteiger partial charge in [0.15, 0.2) is 0 Å². The summed E-state index contributed by atoms with van der Waals surface area (Å²) in [7, 11) is 0. The Bertz CT molecular complexity index is 1050. The van der Waals surface area contributed by atoms with Crippen LogP contribution in [0.15, 0.2) is 54.4 Å². The van der Waals surface area contributed by atoms with Crippen molar-refractivity contribution >= 4 is 23.2 Å². The molecule has 1 saturated heterocycles. The molecule has 1 amide bonds. The van der Waals surface area contributed by atoms with Gasteiger partial charge in [-0.25, -0.2) is 4.39 Å². The molecule has 2 aromatic carbocycles. The van der Waals surface area contributed by atoms with E-state index in [9.17, 15) is 14.3 Å². The smallest absolute Gasteiger partial charge is 0.256 e. The van der Waals surface area contributed by atoms with Gasteiger partial charge >= 0.3 is 0 Å².